The number of rotatable bonds is 3. The Morgan fingerprint density at radius 3 is 2.73 bits per heavy atom. The van der Waals surface area contributed by atoms with E-state index < -0.39 is 0 Å². The van der Waals surface area contributed by atoms with Crippen molar-refractivity contribution in [2.24, 2.45) is 11.7 Å². The fourth-order valence-corrected chi connectivity index (χ4v) is 2.34. The largest absolute Gasteiger partial charge is 0.322 e. The van der Waals surface area contributed by atoms with Crippen LogP contribution in [-0.2, 0) is 0 Å². The van der Waals surface area contributed by atoms with Gasteiger partial charge in [-0.3, -0.25) is 0 Å². The van der Waals surface area contributed by atoms with E-state index in [4.69, 9.17) is 5.73 Å². The van der Waals surface area contributed by atoms with E-state index in [0.717, 1.165) is 16.3 Å². The zero-order valence-electron chi connectivity index (χ0n) is 8.84. The highest BCUT2D eigenvalue weighted by molar-refractivity contribution is 7.18. The maximum absolute atomic E-state index is 6.05. The summed E-state index contributed by atoms with van der Waals surface area (Å²) < 4.78 is 0. The van der Waals surface area contributed by atoms with Gasteiger partial charge in [0, 0.05) is 12.4 Å². The van der Waals surface area contributed by atoms with Crippen molar-refractivity contribution in [3.63, 3.8) is 0 Å². The second-order valence-electron chi connectivity index (χ2n) is 3.97. The molecule has 0 saturated carbocycles. The number of hydrogen-bond donors (Lipinski definition) is 1. The van der Waals surface area contributed by atoms with E-state index in [1.807, 2.05) is 0 Å². The first-order valence-electron chi connectivity index (χ1n) is 5.00. The summed E-state index contributed by atoms with van der Waals surface area (Å²) in [5, 5.41) is 0.935. The molecule has 2 aromatic heterocycles. The van der Waals surface area contributed by atoms with E-state index in [2.05, 4.69) is 28.8 Å². The van der Waals surface area contributed by atoms with Crippen LogP contribution in [0.4, 0.5) is 0 Å². The topological polar surface area (TPSA) is 64.7 Å². The lowest BCUT2D eigenvalue weighted by Gasteiger charge is -2.09. The molecule has 2 rings (SSSR count). The van der Waals surface area contributed by atoms with Crippen LogP contribution in [0.1, 0.15) is 31.3 Å². The van der Waals surface area contributed by atoms with Crippen LogP contribution in [0, 0.1) is 5.92 Å². The lowest BCUT2D eigenvalue weighted by molar-refractivity contribution is 0.509. The van der Waals surface area contributed by atoms with Gasteiger partial charge in [0.15, 0.2) is 10.5 Å². The summed E-state index contributed by atoms with van der Waals surface area (Å²) in [6.07, 6.45) is 4.28. The molecule has 0 spiro atoms. The van der Waals surface area contributed by atoms with E-state index in [0.29, 0.717) is 11.6 Å². The van der Waals surface area contributed by atoms with Crippen LogP contribution in [0.15, 0.2) is 12.4 Å². The maximum Gasteiger partial charge on any atom is 0.189 e. The van der Waals surface area contributed by atoms with Gasteiger partial charge in [-0.15, -0.1) is 0 Å². The lowest BCUT2D eigenvalue weighted by Crippen LogP contribution is -2.12. The number of hydrogen-bond acceptors (Lipinski definition) is 5. The smallest absolute Gasteiger partial charge is 0.189 e. The molecule has 15 heavy (non-hydrogen) atoms. The average Bonchev–Trinajstić information content (AvgIpc) is 2.59. The van der Waals surface area contributed by atoms with Crippen LogP contribution >= 0.6 is 11.3 Å². The third kappa shape index (κ3) is 2.30. The quantitative estimate of drug-likeness (QED) is 0.864. The van der Waals surface area contributed by atoms with Gasteiger partial charge in [0.05, 0.1) is 6.04 Å². The second kappa shape index (κ2) is 4.20. The van der Waals surface area contributed by atoms with Gasteiger partial charge >= 0.3 is 0 Å². The summed E-state index contributed by atoms with van der Waals surface area (Å²) in [5.41, 5.74) is 6.76. The van der Waals surface area contributed by atoms with Crippen LogP contribution < -0.4 is 5.73 Å². The van der Waals surface area contributed by atoms with Crippen molar-refractivity contribution < 1.29 is 0 Å². The summed E-state index contributed by atoms with van der Waals surface area (Å²) >= 11 is 1.54. The summed E-state index contributed by atoms with van der Waals surface area (Å²) in [6.45, 7) is 4.31. The normalized spacial score (nSPS) is 13.6. The predicted octanol–water partition coefficient (Wildman–Crippen LogP) is 2.13. The molecule has 0 aliphatic carbocycles. The molecular formula is C10H14N4S. The standard InChI is InChI=1S/C10H14N4S/c1-6(2)5-7(11)9-14-8-10(15-9)13-4-3-12-8/h3-4,6-7H,5,11H2,1-2H3. The van der Waals surface area contributed by atoms with Crippen molar-refractivity contribution in [2.75, 3.05) is 0 Å². The Balaban J connectivity index is 2.28. The van der Waals surface area contributed by atoms with E-state index in [9.17, 15) is 0 Å². The van der Waals surface area contributed by atoms with E-state index in [1.54, 1.807) is 12.4 Å². The molecule has 2 N–H and O–H groups in total. The molecule has 2 aromatic rings. The first-order chi connectivity index (χ1) is 7.16. The van der Waals surface area contributed by atoms with Crippen LogP contribution in [0.5, 0.6) is 0 Å². The molecule has 0 bridgehead atoms. The minimum atomic E-state index is 0.00556. The molecule has 1 atom stereocenters. The molecule has 5 heteroatoms. The Hall–Kier alpha value is -1.07. The van der Waals surface area contributed by atoms with Crippen molar-refractivity contribution in [1.82, 2.24) is 15.0 Å². The number of aromatic nitrogens is 3. The number of nitrogens with two attached hydrogens (primary N) is 1. The first kappa shape index (κ1) is 10.4. The van der Waals surface area contributed by atoms with E-state index >= 15 is 0 Å². The van der Waals surface area contributed by atoms with Crippen molar-refractivity contribution in [3.8, 4) is 0 Å². The summed E-state index contributed by atoms with van der Waals surface area (Å²) in [5.74, 6) is 0.577. The molecule has 0 aliphatic rings. The molecule has 0 saturated heterocycles. The number of thiazole rings is 1. The van der Waals surface area contributed by atoms with Crippen molar-refractivity contribution >= 4 is 21.8 Å². The zero-order chi connectivity index (χ0) is 10.8. The molecule has 4 nitrogen and oxygen atoms in total. The number of nitrogens with zero attached hydrogens (tertiary/aromatic N) is 3. The van der Waals surface area contributed by atoms with E-state index in [-0.39, 0.29) is 6.04 Å². The minimum Gasteiger partial charge on any atom is -0.322 e. The Morgan fingerprint density at radius 2 is 2.07 bits per heavy atom. The second-order valence-corrected chi connectivity index (χ2v) is 4.98. The Labute approximate surface area is 92.6 Å². The van der Waals surface area contributed by atoms with Gasteiger partial charge in [-0.2, -0.15) is 0 Å². The maximum atomic E-state index is 6.05. The van der Waals surface area contributed by atoms with Crippen LogP contribution in [0.3, 0.4) is 0 Å². The molecule has 80 valence electrons. The first-order valence-corrected chi connectivity index (χ1v) is 5.81. The molecule has 0 amide bonds. The monoisotopic (exact) mass is 222 g/mol. The van der Waals surface area contributed by atoms with Gasteiger partial charge in [-0.25, -0.2) is 15.0 Å². The summed E-state index contributed by atoms with van der Waals surface area (Å²) in [6, 6.07) is 0.00556. The average molecular weight is 222 g/mol. The van der Waals surface area contributed by atoms with Crippen molar-refractivity contribution in [3.05, 3.63) is 17.4 Å². The third-order valence-corrected chi connectivity index (χ3v) is 3.19. The van der Waals surface area contributed by atoms with Gasteiger partial charge in [0.25, 0.3) is 0 Å². The highest BCUT2D eigenvalue weighted by Gasteiger charge is 2.14. The highest BCUT2D eigenvalue weighted by atomic mass is 32.1. The number of fused-ring (bicyclic) bond motifs is 1. The lowest BCUT2D eigenvalue weighted by atomic mass is 10.1. The van der Waals surface area contributed by atoms with E-state index in [1.165, 1.54) is 11.3 Å². The summed E-state index contributed by atoms with van der Waals surface area (Å²) in [7, 11) is 0. The minimum absolute atomic E-state index is 0.00556. The van der Waals surface area contributed by atoms with Crippen molar-refractivity contribution in [2.45, 2.75) is 26.3 Å². The molecule has 0 fully saturated rings. The highest BCUT2D eigenvalue weighted by Crippen LogP contribution is 2.25. The third-order valence-electron chi connectivity index (χ3n) is 2.11. The molecular weight excluding hydrogens is 208 g/mol. The Kier molecular flexibility index (Phi) is 2.93. The predicted molar refractivity (Wildman–Crippen MR) is 61.6 cm³/mol. The van der Waals surface area contributed by atoms with Gasteiger partial charge in [0.2, 0.25) is 0 Å². The van der Waals surface area contributed by atoms with Gasteiger partial charge in [0.1, 0.15) is 5.01 Å². The van der Waals surface area contributed by atoms with Gasteiger partial charge in [-0.1, -0.05) is 25.2 Å². The fraction of sp³-hybridized carbons (Fsp3) is 0.500. The van der Waals surface area contributed by atoms with Crippen molar-refractivity contribution in [1.29, 1.82) is 0 Å². The SMILES string of the molecule is CC(C)CC(N)c1nc2nccnc2s1. The molecule has 0 aromatic carbocycles. The molecule has 0 aliphatic heterocycles. The van der Waals surface area contributed by atoms with Crippen LogP contribution in [0.2, 0.25) is 0 Å². The molecule has 1 unspecified atom stereocenters. The summed E-state index contributed by atoms with van der Waals surface area (Å²) in [4.78, 5) is 13.6. The molecule has 0 radical (unpaired) electrons. The van der Waals surface area contributed by atoms with Gasteiger partial charge < -0.3 is 5.73 Å². The van der Waals surface area contributed by atoms with Crippen LogP contribution in [0.25, 0.3) is 10.5 Å². The van der Waals surface area contributed by atoms with Crippen LogP contribution in [-0.4, -0.2) is 15.0 Å². The van der Waals surface area contributed by atoms with Gasteiger partial charge in [-0.05, 0) is 12.3 Å². The Bertz CT molecular complexity index is 418. The Morgan fingerprint density at radius 1 is 1.33 bits per heavy atom. The molecule has 2 heterocycles. The fourth-order valence-electron chi connectivity index (χ4n) is 1.46. The zero-order valence-corrected chi connectivity index (χ0v) is 9.66.